The number of amides is 1. The molecule has 1 N–H and O–H groups in total. The summed E-state index contributed by atoms with van der Waals surface area (Å²) < 4.78 is 0. The van der Waals surface area contributed by atoms with Gasteiger partial charge in [-0.3, -0.25) is 4.79 Å². The fourth-order valence-corrected chi connectivity index (χ4v) is 2.38. The first-order valence-corrected chi connectivity index (χ1v) is 8.08. The van der Waals surface area contributed by atoms with Gasteiger partial charge in [0.15, 0.2) is 0 Å². The zero-order valence-electron chi connectivity index (χ0n) is 13.0. The van der Waals surface area contributed by atoms with E-state index < -0.39 is 0 Å². The lowest BCUT2D eigenvalue weighted by atomic mass is 10.1. The van der Waals surface area contributed by atoms with Crippen molar-refractivity contribution in [3.05, 3.63) is 35.9 Å². The maximum absolute atomic E-state index is 11.9. The van der Waals surface area contributed by atoms with E-state index >= 15 is 0 Å². The van der Waals surface area contributed by atoms with Crippen molar-refractivity contribution in [3.63, 3.8) is 0 Å². The third-order valence-electron chi connectivity index (χ3n) is 3.68. The van der Waals surface area contributed by atoms with Crippen LogP contribution in [0.1, 0.15) is 76.8 Å². The van der Waals surface area contributed by atoms with Crippen LogP contribution in [0.4, 0.5) is 0 Å². The second-order valence-electron chi connectivity index (χ2n) is 5.57. The zero-order valence-corrected chi connectivity index (χ0v) is 13.0. The number of nitrogens with one attached hydrogen (secondary N) is 1. The van der Waals surface area contributed by atoms with Crippen LogP contribution in [0.2, 0.25) is 0 Å². The molecule has 0 saturated carbocycles. The van der Waals surface area contributed by atoms with Gasteiger partial charge in [-0.1, -0.05) is 75.8 Å². The average molecular weight is 275 g/mol. The monoisotopic (exact) mass is 275 g/mol. The van der Waals surface area contributed by atoms with Gasteiger partial charge in [0.2, 0.25) is 5.91 Å². The van der Waals surface area contributed by atoms with Crippen molar-refractivity contribution < 1.29 is 4.79 Å². The van der Waals surface area contributed by atoms with Gasteiger partial charge >= 0.3 is 0 Å². The lowest BCUT2D eigenvalue weighted by Gasteiger charge is -2.14. The van der Waals surface area contributed by atoms with E-state index in [-0.39, 0.29) is 11.9 Å². The minimum atomic E-state index is 0.105. The van der Waals surface area contributed by atoms with Crippen molar-refractivity contribution in [2.75, 3.05) is 0 Å². The predicted octanol–water partition coefficient (Wildman–Crippen LogP) is 5.00. The third kappa shape index (κ3) is 7.32. The summed E-state index contributed by atoms with van der Waals surface area (Å²) >= 11 is 0. The molecule has 0 saturated heterocycles. The van der Waals surface area contributed by atoms with Gasteiger partial charge in [-0.2, -0.15) is 0 Å². The third-order valence-corrected chi connectivity index (χ3v) is 3.68. The van der Waals surface area contributed by atoms with E-state index in [4.69, 9.17) is 0 Å². The van der Waals surface area contributed by atoms with Crippen LogP contribution in [-0.2, 0) is 4.79 Å². The Labute approximate surface area is 124 Å². The lowest BCUT2D eigenvalue weighted by Crippen LogP contribution is -2.26. The average Bonchev–Trinajstić information content (AvgIpc) is 2.47. The van der Waals surface area contributed by atoms with Gasteiger partial charge in [-0.15, -0.1) is 0 Å². The van der Waals surface area contributed by atoms with E-state index in [9.17, 15) is 4.79 Å². The maximum Gasteiger partial charge on any atom is 0.220 e. The molecule has 1 aromatic rings. The minimum absolute atomic E-state index is 0.105. The fraction of sp³-hybridized carbons (Fsp3) is 0.611. The van der Waals surface area contributed by atoms with Gasteiger partial charge in [0.05, 0.1) is 6.04 Å². The first-order chi connectivity index (χ1) is 9.74. The van der Waals surface area contributed by atoms with Crippen molar-refractivity contribution in [1.82, 2.24) is 5.32 Å². The molecule has 0 aliphatic rings. The summed E-state index contributed by atoms with van der Waals surface area (Å²) in [5.41, 5.74) is 1.17. The van der Waals surface area contributed by atoms with E-state index in [2.05, 4.69) is 24.4 Å². The number of hydrogen-bond acceptors (Lipinski definition) is 1. The molecular weight excluding hydrogens is 246 g/mol. The summed E-state index contributed by atoms with van der Waals surface area (Å²) in [6, 6.07) is 10.2. The van der Waals surface area contributed by atoms with Crippen LogP contribution >= 0.6 is 0 Å². The van der Waals surface area contributed by atoms with Crippen LogP contribution in [-0.4, -0.2) is 5.91 Å². The molecule has 0 aromatic heterocycles. The normalized spacial score (nSPS) is 12.1. The molecule has 0 aliphatic heterocycles. The smallest absolute Gasteiger partial charge is 0.220 e. The number of benzene rings is 1. The summed E-state index contributed by atoms with van der Waals surface area (Å²) in [6.07, 6.45) is 9.40. The van der Waals surface area contributed by atoms with E-state index in [1.54, 1.807) is 0 Å². The SMILES string of the molecule is CCCCCCCCCC(=O)N[C@H](C)c1ccccc1. The predicted molar refractivity (Wildman–Crippen MR) is 85.6 cm³/mol. The van der Waals surface area contributed by atoms with Gasteiger partial charge < -0.3 is 5.32 Å². The van der Waals surface area contributed by atoms with Gasteiger partial charge in [0.25, 0.3) is 0 Å². The Bertz CT molecular complexity index is 361. The molecule has 2 nitrogen and oxygen atoms in total. The van der Waals surface area contributed by atoms with Crippen LogP contribution in [0.3, 0.4) is 0 Å². The summed E-state index contributed by atoms with van der Waals surface area (Å²) in [5.74, 6) is 0.176. The molecular formula is C18H29NO. The van der Waals surface area contributed by atoms with Crippen LogP contribution < -0.4 is 5.32 Å². The minimum Gasteiger partial charge on any atom is -0.350 e. The Morgan fingerprint density at radius 2 is 1.60 bits per heavy atom. The Kier molecular flexibility index (Phi) is 8.77. The number of carbonyl (C=O) groups is 1. The van der Waals surface area contributed by atoms with Gasteiger partial charge in [-0.25, -0.2) is 0 Å². The molecule has 0 spiro atoms. The van der Waals surface area contributed by atoms with Gasteiger partial charge in [-0.05, 0) is 18.9 Å². The molecule has 0 unspecified atom stereocenters. The molecule has 1 atom stereocenters. The van der Waals surface area contributed by atoms with E-state index in [0.29, 0.717) is 6.42 Å². The van der Waals surface area contributed by atoms with Crippen molar-refractivity contribution >= 4 is 5.91 Å². The van der Waals surface area contributed by atoms with Crippen LogP contribution in [0.15, 0.2) is 30.3 Å². The number of hydrogen-bond donors (Lipinski definition) is 1. The highest BCUT2D eigenvalue weighted by molar-refractivity contribution is 5.76. The Hall–Kier alpha value is -1.31. The highest BCUT2D eigenvalue weighted by Gasteiger charge is 2.08. The second-order valence-corrected chi connectivity index (χ2v) is 5.57. The largest absolute Gasteiger partial charge is 0.350 e. The molecule has 1 amide bonds. The van der Waals surface area contributed by atoms with Crippen molar-refractivity contribution in [1.29, 1.82) is 0 Å². The van der Waals surface area contributed by atoms with Crippen molar-refractivity contribution in [3.8, 4) is 0 Å². The Balaban J connectivity index is 2.08. The van der Waals surface area contributed by atoms with Crippen molar-refractivity contribution in [2.24, 2.45) is 0 Å². The molecule has 20 heavy (non-hydrogen) atoms. The van der Waals surface area contributed by atoms with E-state index in [1.807, 2.05) is 25.1 Å². The summed E-state index contributed by atoms with van der Waals surface area (Å²) in [7, 11) is 0. The van der Waals surface area contributed by atoms with Gasteiger partial charge in [0, 0.05) is 6.42 Å². The second kappa shape index (κ2) is 10.5. The summed E-state index contributed by atoms with van der Waals surface area (Å²) in [6.45, 7) is 4.27. The van der Waals surface area contributed by atoms with Crippen LogP contribution in [0.5, 0.6) is 0 Å². The first kappa shape index (κ1) is 16.7. The molecule has 1 rings (SSSR count). The topological polar surface area (TPSA) is 29.1 Å². The molecule has 0 aliphatic carbocycles. The quantitative estimate of drug-likeness (QED) is 0.598. The van der Waals surface area contributed by atoms with E-state index in [1.165, 1.54) is 44.1 Å². The fourth-order valence-electron chi connectivity index (χ4n) is 2.38. The Morgan fingerprint density at radius 1 is 1.00 bits per heavy atom. The molecule has 112 valence electrons. The van der Waals surface area contributed by atoms with Gasteiger partial charge in [0.1, 0.15) is 0 Å². The number of unbranched alkanes of at least 4 members (excludes halogenated alkanes) is 6. The highest BCUT2D eigenvalue weighted by atomic mass is 16.1. The summed E-state index contributed by atoms with van der Waals surface area (Å²) in [4.78, 5) is 11.9. The summed E-state index contributed by atoms with van der Waals surface area (Å²) in [5, 5.41) is 3.07. The standard InChI is InChI=1S/C18H29NO/c1-3-4-5-6-7-8-12-15-18(20)19-16(2)17-13-10-9-11-14-17/h9-11,13-14,16H,3-8,12,15H2,1-2H3,(H,19,20)/t16-/m1/s1. The van der Waals surface area contributed by atoms with E-state index in [0.717, 1.165) is 6.42 Å². The van der Waals surface area contributed by atoms with Crippen molar-refractivity contribution in [2.45, 2.75) is 71.3 Å². The molecule has 1 aromatic carbocycles. The lowest BCUT2D eigenvalue weighted by molar-refractivity contribution is -0.121. The van der Waals surface area contributed by atoms with Crippen LogP contribution in [0.25, 0.3) is 0 Å². The highest BCUT2D eigenvalue weighted by Crippen LogP contribution is 2.12. The Morgan fingerprint density at radius 3 is 2.25 bits per heavy atom. The molecule has 0 radical (unpaired) electrons. The maximum atomic E-state index is 11.9. The zero-order chi connectivity index (χ0) is 14.6. The molecule has 0 bridgehead atoms. The molecule has 0 heterocycles. The first-order valence-electron chi connectivity index (χ1n) is 8.08. The van der Waals surface area contributed by atoms with Crippen LogP contribution in [0, 0.1) is 0 Å². The number of rotatable bonds is 10. The molecule has 0 fully saturated rings. The molecule has 2 heteroatoms. The number of carbonyl (C=O) groups excluding carboxylic acids is 1.